The predicted molar refractivity (Wildman–Crippen MR) is 118 cm³/mol. The number of nitrogens with one attached hydrogen (secondary N) is 4. The maximum atomic E-state index is 12.7. The number of nitrogens with zero attached hydrogens (tertiary/aromatic N) is 2. The summed E-state index contributed by atoms with van der Waals surface area (Å²) in [6.45, 7) is 1.20. The summed E-state index contributed by atoms with van der Waals surface area (Å²) < 4.78 is 5.04. The van der Waals surface area contributed by atoms with Crippen molar-refractivity contribution in [2.75, 3.05) is 6.54 Å². The Bertz CT molecular complexity index is 975. The zero-order valence-electron chi connectivity index (χ0n) is 17.8. The molecule has 3 atom stereocenters. The second-order valence-corrected chi connectivity index (χ2v) is 8.00. The Balaban J connectivity index is 1.21. The molecule has 168 valence electrons. The first-order valence-corrected chi connectivity index (χ1v) is 10.9. The summed E-state index contributed by atoms with van der Waals surface area (Å²) >= 11 is 0. The summed E-state index contributed by atoms with van der Waals surface area (Å²) in [5.74, 6) is -0.0186. The number of hydrogen-bond donors (Lipinski definition) is 4. The molecule has 0 spiro atoms. The number of imidazole rings is 1. The van der Waals surface area contributed by atoms with Crippen molar-refractivity contribution < 1.29 is 14.0 Å². The van der Waals surface area contributed by atoms with Crippen molar-refractivity contribution in [3.63, 3.8) is 0 Å². The highest BCUT2D eigenvalue weighted by molar-refractivity contribution is 5.95. The molecule has 0 bridgehead atoms. The fourth-order valence-corrected chi connectivity index (χ4v) is 3.76. The molecular formula is C23H28N6O3. The van der Waals surface area contributed by atoms with Crippen LogP contribution in [0.3, 0.4) is 0 Å². The first-order chi connectivity index (χ1) is 15.7. The van der Waals surface area contributed by atoms with Gasteiger partial charge in [0.2, 0.25) is 11.7 Å². The molecule has 9 heteroatoms. The monoisotopic (exact) mass is 436 g/mol. The lowest BCUT2D eigenvalue weighted by molar-refractivity contribution is -0.123. The lowest BCUT2D eigenvalue weighted by Gasteiger charge is -2.18. The van der Waals surface area contributed by atoms with Crippen molar-refractivity contribution in [3.8, 4) is 0 Å². The number of rotatable bonds is 12. The van der Waals surface area contributed by atoms with Gasteiger partial charge in [0, 0.05) is 18.2 Å². The van der Waals surface area contributed by atoms with Gasteiger partial charge >= 0.3 is 0 Å². The van der Waals surface area contributed by atoms with Gasteiger partial charge in [0.15, 0.2) is 6.39 Å². The lowest BCUT2D eigenvalue weighted by Crippen LogP contribution is -2.46. The Morgan fingerprint density at radius 3 is 2.78 bits per heavy atom. The molecule has 3 unspecified atom stereocenters. The molecule has 0 radical (unpaired) electrons. The Morgan fingerprint density at radius 1 is 1.16 bits per heavy atom. The number of unbranched alkanes of at least 4 members (excludes halogenated alkanes) is 1. The highest BCUT2D eigenvalue weighted by atomic mass is 16.3. The van der Waals surface area contributed by atoms with E-state index in [4.69, 9.17) is 4.42 Å². The summed E-state index contributed by atoms with van der Waals surface area (Å²) in [5, 5.41) is 9.19. The van der Waals surface area contributed by atoms with E-state index in [1.165, 1.54) is 18.2 Å². The Labute approximate surface area is 186 Å². The van der Waals surface area contributed by atoms with Crippen LogP contribution in [0, 0.1) is 0 Å². The number of amides is 2. The van der Waals surface area contributed by atoms with Crippen molar-refractivity contribution >= 4 is 11.8 Å². The molecule has 3 aromatic rings. The van der Waals surface area contributed by atoms with Gasteiger partial charge in [0.25, 0.3) is 5.91 Å². The minimum Gasteiger partial charge on any atom is -0.438 e. The number of hydrogen-bond acceptors (Lipinski definition) is 6. The maximum absolute atomic E-state index is 12.7. The first kappa shape index (κ1) is 21.8. The van der Waals surface area contributed by atoms with E-state index in [9.17, 15) is 9.59 Å². The van der Waals surface area contributed by atoms with E-state index in [1.54, 1.807) is 12.5 Å². The van der Waals surface area contributed by atoms with Crippen molar-refractivity contribution in [1.29, 1.82) is 0 Å². The van der Waals surface area contributed by atoms with Crippen LogP contribution in [-0.2, 0) is 11.3 Å². The molecule has 1 aromatic carbocycles. The molecule has 32 heavy (non-hydrogen) atoms. The van der Waals surface area contributed by atoms with E-state index < -0.39 is 11.9 Å². The molecule has 2 aromatic heterocycles. The zero-order chi connectivity index (χ0) is 22.2. The third-order valence-corrected chi connectivity index (χ3v) is 5.63. The Kier molecular flexibility index (Phi) is 7.29. The van der Waals surface area contributed by atoms with E-state index in [-0.39, 0.29) is 11.7 Å². The topological polar surface area (TPSA) is 125 Å². The molecule has 9 nitrogen and oxygen atoms in total. The quantitative estimate of drug-likeness (QED) is 0.322. The molecule has 1 aliphatic rings. The summed E-state index contributed by atoms with van der Waals surface area (Å²) in [6.07, 6.45) is 9.13. The molecular weight excluding hydrogens is 408 g/mol. The summed E-state index contributed by atoms with van der Waals surface area (Å²) in [6, 6.07) is 10.4. The number of oxazole rings is 1. The second-order valence-electron chi connectivity index (χ2n) is 8.00. The molecule has 1 aliphatic carbocycles. The smallest absolute Gasteiger partial charge is 0.289 e. The van der Waals surface area contributed by atoms with Gasteiger partial charge in [0.1, 0.15) is 6.04 Å². The van der Waals surface area contributed by atoms with E-state index in [0.717, 1.165) is 31.5 Å². The van der Waals surface area contributed by atoms with Gasteiger partial charge in [-0.2, -0.15) is 0 Å². The molecule has 4 N–H and O–H groups in total. The third kappa shape index (κ3) is 6.04. The zero-order valence-corrected chi connectivity index (χ0v) is 17.8. The average molecular weight is 437 g/mol. The second kappa shape index (κ2) is 10.7. The van der Waals surface area contributed by atoms with Crippen LogP contribution in [-0.4, -0.2) is 45.4 Å². The van der Waals surface area contributed by atoms with Crippen LogP contribution in [0.4, 0.5) is 0 Å². The largest absolute Gasteiger partial charge is 0.438 e. The fraction of sp³-hybridized carbons (Fsp3) is 0.391. The first-order valence-electron chi connectivity index (χ1n) is 10.9. The molecule has 1 saturated carbocycles. The number of H-pyrrole nitrogens is 1. The van der Waals surface area contributed by atoms with Gasteiger partial charge in [-0.25, -0.2) is 9.97 Å². The fourth-order valence-electron chi connectivity index (χ4n) is 3.76. The molecule has 2 heterocycles. The summed E-state index contributed by atoms with van der Waals surface area (Å²) in [4.78, 5) is 35.7. The van der Waals surface area contributed by atoms with Gasteiger partial charge in [-0.05, 0) is 37.8 Å². The lowest BCUT2D eigenvalue weighted by atomic mass is 10.1. The summed E-state index contributed by atoms with van der Waals surface area (Å²) in [7, 11) is 0. The van der Waals surface area contributed by atoms with Crippen molar-refractivity contribution in [1.82, 2.24) is 30.9 Å². The summed E-state index contributed by atoms with van der Waals surface area (Å²) in [5.41, 5.74) is 2.18. The van der Waals surface area contributed by atoms with Gasteiger partial charge in [-0.1, -0.05) is 30.3 Å². The van der Waals surface area contributed by atoms with Crippen LogP contribution in [0.5, 0.6) is 0 Å². The Hall–Kier alpha value is -3.46. The molecule has 0 aliphatic heterocycles. The molecule has 0 saturated heterocycles. The van der Waals surface area contributed by atoms with Gasteiger partial charge in [-0.3, -0.25) is 9.59 Å². The maximum Gasteiger partial charge on any atom is 0.289 e. The number of aromatic nitrogens is 3. The van der Waals surface area contributed by atoms with Gasteiger partial charge in [-0.15, -0.1) is 0 Å². The van der Waals surface area contributed by atoms with Crippen LogP contribution in [0.1, 0.15) is 53.4 Å². The van der Waals surface area contributed by atoms with Crippen molar-refractivity contribution in [2.45, 2.75) is 50.2 Å². The van der Waals surface area contributed by atoms with Crippen molar-refractivity contribution in [2.24, 2.45) is 0 Å². The van der Waals surface area contributed by atoms with E-state index in [0.29, 0.717) is 24.9 Å². The van der Waals surface area contributed by atoms with Crippen molar-refractivity contribution in [3.05, 3.63) is 72.5 Å². The van der Waals surface area contributed by atoms with E-state index in [2.05, 4.69) is 55.2 Å². The van der Waals surface area contributed by atoms with E-state index >= 15 is 0 Å². The average Bonchev–Trinajstić information content (AvgIpc) is 3.20. The number of benzene rings is 1. The third-order valence-electron chi connectivity index (χ3n) is 5.63. The predicted octanol–water partition coefficient (Wildman–Crippen LogP) is 2.13. The SMILES string of the molecule is O=C(NC(CCCCNC1CC1c1ccccc1)C(=O)NCc1cnc[nH]1)c1cnco1. The van der Waals surface area contributed by atoms with Gasteiger partial charge in [0.05, 0.1) is 24.8 Å². The molecule has 2 amide bonds. The molecule has 4 rings (SSSR count). The number of aromatic amines is 1. The van der Waals surface area contributed by atoms with Crippen LogP contribution in [0.2, 0.25) is 0 Å². The highest BCUT2D eigenvalue weighted by Gasteiger charge is 2.37. The van der Waals surface area contributed by atoms with E-state index in [1.807, 2.05) is 6.07 Å². The number of carbonyl (C=O) groups is 2. The standard InChI is InChI=1S/C23H28N6O3/c30-22(27-12-17-11-24-14-28-17)19(29-23(31)21-13-25-15-32-21)8-4-5-9-26-20-10-18(20)16-6-2-1-3-7-16/h1-3,6-7,11,13-15,18-20,26H,4-5,8-10,12H2,(H,24,28)(H,27,30)(H,29,31). The van der Waals surface area contributed by atoms with Gasteiger partial charge < -0.3 is 25.4 Å². The van der Waals surface area contributed by atoms with Crippen LogP contribution in [0.25, 0.3) is 0 Å². The number of carbonyl (C=O) groups excluding carboxylic acids is 2. The molecule has 1 fully saturated rings. The highest BCUT2D eigenvalue weighted by Crippen LogP contribution is 2.40. The van der Waals surface area contributed by atoms with Crippen LogP contribution < -0.4 is 16.0 Å². The Morgan fingerprint density at radius 2 is 2.03 bits per heavy atom. The minimum absolute atomic E-state index is 0.0821. The van der Waals surface area contributed by atoms with Crippen LogP contribution >= 0.6 is 0 Å². The van der Waals surface area contributed by atoms with Crippen LogP contribution in [0.15, 0.2) is 59.9 Å². The normalized spacial score (nSPS) is 18.1. The minimum atomic E-state index is -0.659.